The molecule has 2 rings (SSSR count). The maximum atomic E-state index is 6.00. The monoisotopic (exact) mass is 239 g/mol. The predicted octanol–water partition coefficient (Wildman–Crippen LogP) is 4.89. The van der Waals surface area contributed by atoms with Crippen LogP contribution in [0.25, 0.3) is 0 Å². The highest BCUT2D eigenvalue weighted by Crippen LogP contribution is 2.34. The Labute approximate surface area is 109 Å². The van der Waals surface area contributed by atoms with E-state index in [9.17, 15) is 0 Å². The zero-order chi connectivity index (χ0) is 13.2. The van der Waals surface area contributed by atoms with Crippen molar-refractivity contribution in [3.05, 3.63) is 59.7 Å². The van der Waals surface area contributed by atoms with Crippen molar-refractivity contribution in [2.45, 2.75) is 33.1 Å². The van der Waals surface area contributed by atoms with Gasteiger partial charge in [0.1, 0.15) is 11.5 Å². The average molecular weight is 239 g/mol. The van der Waals surface area contributed by atoms with Crippen molar-refractivity contribution in [3.8, 4) is 11.5 Å². The van der Waals surface area contributed by atoms with Gasteiger partial charge >= 0.3 is 0 Å². The van der Waals surface area contributed by atoms with Gasteiger partial charge in [0, 0.05) is 5.56 Å². The van der Waals surface area contributed by atoms with Gasteiger partial charge in [0.05, 0.1) is 0 Å². The Hall–Kier alpha value is -1.76. The second-order valence-electron chi connectivity index (χ2n) is 5.59. The van der Waals surface area contributed by atoms with Gasteiger partial charge in [-0.05, 0) is 42.2 Å². The lowest BCUT2D eigenvalue weighted by Gasteiger charge is -2.23. The van der Waals surface area contributed by atoms with E-state index in [0.717, 1.165) is 11.5 Å². The van der Waals surface area contributed by atoms with Gasteiger partial charge in [-0.3, -0.25) is 0 Å². The number of ether oxygens (including phenoxy) is 1. The minimum Gasteiger partial charge on any atom is -0.457 e. The van der Waals surface area contributed by atoms with Crippen LogP contribution in [0.4, 0.5) is 0 Å². The molecule has 0 aliphatic carbocycles. The zero-order valence-corrected chi connectivity index (χ0v) is 11.4. The molecule has 0 saturated carbocycles. The van der Waals surface area contributed by atoms with E-state index >= 15 is 0 Å². The maximum absolute atomic E-state index is 6.00. The number of aryl methyl sites for hydroxylation is 1. The van der Waals surface area contributed by atoms with Crippen molar-refractivity contribution < 1.29 is 4.74 Å². The average Bonchev–Trinajstić information content (AvgIpc) is 2.28. The minimum absolute atomic E-state index is 0.0734. The molecule has 0 atom stereocenters. The summed E-state index contributed by atoms with van der Waals surface area (Å²) in [7, 11) is 0. The first-order valence-electron chi connectivity index (χ1n) is 6.22. The second-order valence-corrected chi connectivity index (χ2v) is 5.59. The number of hydrogen-bond donors (Lipinski definition) is 0. The largest absolute Gasteiger partial charge is 0.457 e. The Morgan fingerprint density at radius 2 is 1.67 bits per heavy atom. The van der Waals surface area contributed by atoms with Gasteiger partial charge in [0.25, 0.3) is 0 Å². The van der Waals surface area contributed by atoms with E-state index in [4.69, 9.17) is 4.74 Å². The number of rotatable bonds is 2. The van der Waals surface area contributed by atoms with Gasteiger partial charge < -0.3 is 4.74 Å². The maximum Gasteiger partial charge on any atom is 0.131 e. The summed E-state index contributed by atoms with van der Waals surface area (Å²) >= 11 is 0. The van der Waals surface area contributed by atoms with Crippen molar-refractivity contribution in [2.75, 3.05) is 0 Å². The second kappa shape index (κ2) is 4.85. The quantitative estimate of drug-likeness (QED) is 0.725. The molecule has 0 unspecified atom stereocenters. The molecule has 0 aromatic heterocycles. The van der Waals surface area contributed by atoms with Crippen LogP contribution >= 0.6 is 0 Å². The van der Waals surface area contributed by atoms with E-state index in [1.807, 2.05) is 24.3 Å². The molecule has 93 valence electrons. The van der Waals surface area contributed by atoms with Crippen LogP contribution in [0, 0.1) is 13.0 Å². The smallest absolute Gasteiger partial charge is 0.131 e. The molecule has 2 aromatic carbocycles. The molecule has 0 bridgehead atoms. The Morgan fingerprint density at radius 3 is 2.28 bits per heavy atom. The van der Waals surface area contributed by atoms with Crippen LogP contribution in [-0.2, 0) is 5.41 Å². The lowest BCUT2D eigenvalue weighted by Crippen LogP contribution is -2.12. The fourth-order valence-corrected chi connectivity index (χ4v) is 1.90. The molecule has 0 amide bonds. The summed E-state index contributed by atoms with van der Waals surface area (Å²) in [5.74, 6) is 1.79. The highest BCUT2D eigenvalue weighted by atomic mass is 16.5. The van der Waals surface area contributed by atoms with Crippen LogP contribution in [0.3, 0.4) is 0 Å². The summed E-state index contributed by atoms with van der Waals surface area (Å²) in [6, 6.07) is 16.9. The summed E-state index contributed by atoms with van der Waals surface area (Å²) < 4.78 is 6.00. The van der Waals surface area contributed by atoms with Crippen molar-refractivity contribution in [3.63, 3.8) is 0 Å². The predicted molar refractivity (Wildman–Crippen MR) is 75.2 cm³/mol. The van der Waals surface area contributed by atoms with Gasteiger partial charge in [0.2, 0.25) is 0 Å². The van der Waals surface area contributed by atoms with E-state index in [1.165, 1.54) is 11.1 Å². The van der Waals surface area contributed by atoms with Crippen LogP contribution in [0.1, 0.15) is 31.9 Å². The van der Waals surface area contributed by atoms with E-state index in [-0.39, 0.29) is 5.41 Å². The van der Waals surface area contributed by atoms with Crippen LogP contribution in [-0.4, -0.2) is 0 Å². The fraction of sp³-hybridized carbons (Fsp3) is 0.294. The first-order valence-corrected chi connectivity index (χ1v) is 6.22. The molecule has 2 aromatic rings. The highest BCUT2D eigenvalue weighted by molar-refractivity contribution is 5.43. The van der Waals surface area contributed by atoms with Gasteiger partial charge in [0.15, 0.2) is 0 Å². The Kier molecular flexibility index (Phi) is 3.42. The third kappa shape index (κ3) is 2.92. The molecule has 0 N–H and O–H groups in total. The zero-order valence-electron chi connectivity index (χ0n) is 11.4. The third-order valence-corrected chi connectivity index (χ3v) is 2.86. The van der Waals surface area contributed by atoms with E-state index in [0.29, 0.717) is 0 Å². The van der Waals surface area contributed by atoms with Crippen molar-refractivity contribution in [1.29, 1.82) is 0 Å². The van der Waals surface area contributed by atoms with Gasteiger partial charge in [-0.15, -0.1) is 0 Å². The molecule has 0 aliphatic heterocycles. The number of hydrogen-bond acceptors (Lipinski definition) is 1. The molecular weight excluding hydrogens is 220 g/mol. The third-order valence-electron chi connectivity index (χ3n) is 2.86. The normalized spacial score (nSPS) is 11.3. The van der Waals surface area contributed by atoms with Crippen LogP contribution in [0.5, 0.6) is 11.5 Å². The van der Waals surface area contributed by atoms with Gasteiger partial charge in [-0.1, -0.05) is 45.0 Å². The minimum atomic E-state index is 0.0734. The Balaban J connectivity index is 2.40. The van der Waals surface area contributed by atoms with E-state index in [1.54, 1.807) is 0 Å². The SMILES string of the molecule is Cc1ccc(C(C)(C)C)c(Oc2cc[c]cc2)c1. The molecule has 0 saturated heterocycles. The van der Waals surface area contributed by atoms with Gasteiger partial charge in [-0.2, -0.15) is 0 Å². The lowest BCUT2D eigenvalue weighted by molar-refractivity contribution is 0.455. The van der Waals surface area contributed by atoms with Crippen molar-refractivity contribution >= 4 is 0 Å². The van der Waals surface area contributed by atoms with Gasteiger partial charge in [-0.25, -0.2) is 0 Å². The Morgan fingerprint density at radius 1 is 1.00 bits per heavy atom. The molecule has 1 nitrogen and oxygen atoms in total. The summed E-state index contributed by atoms with van der Waals surface area (Å²) in [5.41, 5.74) is 2.51. The first kappa shape index (κ1) is 12.7. The summed E-state index contributed by atoms with van der Waals surface area (Å²) in [6.07, 6.45) is 0. The van der Waals surface area contributed by atoms with Crippen LogP contribution in [0.15, 0.2) is 42.5 Å². The molecular formula is C17H19O. The fourth-order valence-electron chi connectivity index (χ4n) is 1.90. The topological polar surface area (TPSA) is 9.23 Å². The number of benzene rings is 2. The Bertz CT molecular complexity index is 521. The van der Waals surface area contributed by atoms with E-state index < -0.39 is 0 Å². The first-order chi connectivity index (χ1) is 8.47. The molecule has 0 spiro atoms. The lowest BCUT2D eigenvalue weighted by atomic mass is 9.86. The molecule has 1 radical (unpaired) electrons. The summed E-state index contributed by atoms with van der Waals surface area (Å²) in [4.78, 5) is 0. The van der Waals surface area contributed by atoms with Crippen molar-refractivity contribution in [1.82, 2.24) is 0 Å². The molecule has 1 heteroatoms. The standard InChI is InChI=1S/C17H19O/c1-13-10-11-15(17(2,3)4)16(12-13)18-14-8-6-5-7-9-14/h6-12H,1-4H3. The van der Waals surface area contributed by atoms with Crippen LogP contribution < -0.4 is 4.74 Å². The van der Waals surface area contributed by atoms with E-state index in [2.05, 4.69) is 52.0 Å². The molecule has 0 heterocycles. The summed E-state index contributed by atoms with van der Waals surface area (Å²) in [6.45, 7) is 8.67. The molecule has 0 fully saturated rings. The van der Waals surface area contributed by atoms with Crippen LogP contribution in [0.2, 0.25) is 0 Å². The summed E-state index contributed by atoms with van der Waals surface area (Å²) in [5, 5.41) is 0. The van der Waals surface area contributed by atoms with Crippen molar-refractivity contribution in [2.24, 2.45) is 0 Å². The molecule has 18 heavy (non-hydrogen) atoms. The highest BCUT2D eigenvalue weighted by Gasteiger charge is 2.19. The molecule has 0 aliphatic rings.